The molecular formula is C13H12F2N2O. The van der Waals surface area contributed by atoms with Gasteiger partial charge in [0.25, 0.3) is 0 Å². The fraction of sp³-hybridized carbons (Fsp3) is 0.154. The maximum atomic E-state index is 13.0. The molecule has 0 amide bonds. The SMILES string of the molecule is CC(N)c1cccnc1Oc1cc(F)cc(F)c1. The van der Waals surface area contributed by atoms with Gasteiger partial charge in [0.05, 0.1) is 0 Å². The van der Waals surface area contributed by atoms with Gasteiger partial charge >= 0.3 is 0 Å². The summed E-state index contributed by atoms with van der Waals surface area (Å²) in [6.45, 7) is 1.77. The third-order valence-electron chi connectivity index (χ3n) is 2.34. The summed E-state index contributed by atoms with van der Waals surface area (Å²) < 4.78 is 31.4. The van der Waals surface area contributed by atoms with E-state index in [1.807, 2.05) is 0 Å². The molecule has 0 spiro atoms. The highest BCUT2D eigenvalue weighted by atomic mass is 19.1. The molecule has 2 N–H and O–H groups in total. The van der Waals surface area contributed by atoms with E-state index in [9.17, 15) is 8.78 Å². The fourth-order valence-corrected chi connectivity index (χ4v) is 1.53. The summed E-state index contributed by atoms with van der Waals surface area (Å²) in [6, 6.07) is 6.14. The minimum absolute atomic E-state index is 0.0492. The molecule has 0 aliphatic heterocycles. The Morgan fingerprint density at radius 1 is 1.22 bits per heavy atom. The van der Waals surface area contributed by atoms with Crippen molar-refractivity contribution >= 4 is 0 Å². The van der Waals surface area contributed by atoms with Crippen molar-refractivity contribution in [3.05, 3.63) is 53.7 Å². The van der Waals surface area contributed by atoms with Crippen LogP contribution in [0.2, 0.25) is 0 Å². The number of aromatic nitrogens is 1. The number of nitrogens with two attached hydrogens (primary N) is 1. The molecule has 1 atom stereocenters. The molecule has 0 aliphatic carbocycles. The molecule has 2 rings (SSSR count). The van der Waals surface area contributed by atoms with Crippen LogP contribution in [0.5, 0.6) is 11.6 Å². The van der Waals surface area contributed by atoms with Crippen molar-refractivity contribution in [3.8, 4) is 11.6 Å². The maximum Gasteiger partial charge on any atom is 0.223 e. The number of hydrogen-bond acceptors (Lipinski definition) is 3. The Morgan fingerprint density at radius 3 is 2.50 bits per heavy atom. The lowest BCUT2D eigenvalue weighted by Gasteiger charge is -2.12. The van der Waals surface area contributed by atoms with Gasteiger partial charge in [-0.3, -0.25) is 0 Å². The van der Waals surface area contributed by atoms with Crippen molar-refractivity contribution in [1.82, 2.24) is 4.98 Å². The van der Waals surface area contributed by atoms with Gasteiger partial charge in [0.2, 0.25) is 5.88 Å². The van der Waals surface area contributed by atoms with Crippen LogP contribution in [-0.4, -0.2) is 4.98 Å². The predicted octanol–water partition coefficient (Wildman–Crippen LogP) is 3.17. The molecule has 0 aliphatic rings. The quantitative estimate of drug-likeness (QED) is 0.910. The molecule has 2 aromatic rings. The Morgan fingerprint density at radius 2 is 1.89 bits per heavy atom. The van der Waals surface area contributed by atoms with Crippen LogP contribution in [0.15, 0.2) is 36.5 Å². The summed E-state index contributed by atoms with van der Waals surface area (Å²) >= 11 is 0. The number of pyridine rings is 1. The average molecular weight is 250 g/mol. The van der Waals surface area contributed by atoms with E-state index in [1.54, 1.807) is 19.1 Å². The second-order valence-corrected chi connectivity index (χ2v) is 3.89. The zero-order valence-corrected chi connectivity index (χ0v) is 9.73. The van der Waals surface area contributed by atoms with E-state index in [0.717, 1.165) is 18.2 Å². The highest BCUT2D eigenvalue weighted by molar-refractivity contribution is 5.34. The van der Waals surface area contributed by atoms with Crippen LogP contribution < -0.4 is 10.5 Å². The molecule has 1 aromatic heterocycles. The van der Waals surface area contributed by atoms with Gasteiger partial charge in [-0.05, 0) is 13.0 Å². The van der Waals surface area contributed by atoms with Crippen LogP contribution in [-0.2, 0) is 0 Å². The zero-order chi connectivity index (χ0) is 13.1. The Bertz CT molecular complexity index is 538. The van der Waals surface area contributed by atoms with Crippen molar-refractivity contribution in [2.24, 2.45) is 5.73 Å². The van der Waals surface area contributed by atoms with Crippen molar-refractivity contribution in [1.29, 1.82) is 0 Å². The van der Waals surface area contributed by atoms with E-state index >= 15 is 0 Å². The van der Waals surface area contributed by atoms with Gasteiger partial charge < -0.3 is 10.5 Å². The fourth-order valence-electron chi connectivity index (χ4n) is 1.53. The third-order valence-corrected chi connectivity index (χ3v) is 2.34. The minimum atomic E-state index is -0.705. The summed E-state index contributed by atoms with van der Waals surface area (Å²) in [5, 5.41) is 0. The highest BCUT2D eigenvalue weighted by Crippen LogP contribution is 2.27. The first-order valence-corrected chi connectivity index (χ1v) is 5.40. The van der Waals surface area contributed by atoms with E-state index < -0.39 is 11.6 Å². The smallest absolute Gasteiger partial charge is 0.223 e. The van der Waals surface area contributed by atoms with Crippen LogP contribution in [0.25, 0.3) is 0 Å². The number of rotatable bonds is 3. The Hall–Kier alpha value is -2.01. The van der Waals surface area contributed by atoms with Gasteiger partial charge in [-0.2, -0.15) is 0 Å². The van der Waals surface area contributed by atoms with Crippen molar-refractivity contribution in [2.45, 2.75) is 13.0 Å². The average Bonchev–Trinajstić information content (AvgIpc) is 2.27. The molecule has 0 radical (unpaired) electrons. The first-order valence-electron chi connectivity index (χ1n) is 5.40. The van der Waals surface area contributed by atoms with E-state index in [1.165, 1.54) is 6.20 Å². The second kappa shape index (κ2) is 5.10. The van der Waals surface area contributed by atoms with Gasteiger partial charge in [-0.25, -0.2) is 13.8 Å². The number of nitrogens with zero attached hydrogens (tertiary/aromatic N) is 1. The van der Waals surface area contributed by atoms with Gasteiger partial charge in [0.15, 0.2) is 0 Å². The van der Waals surface area contributed by atoms with E-state index in [4.69, 9.17) is 10.5 Å². The zero-order valence-electron chi connectivity index (χ0n) is 9.73. The van der Waals surface area contributed by atoms with E-state index in [0.29, 0.717) is 5.56 Å². The predicted molar refractivity (Wildman–Crippen MR) is 63.3 cm³/mol. The van der Waals surface area contributed by atoms with Gasteiger partial charge in [0, 0.05) is 36.0 Å². The summed E-state index contributed by atoms with van der Waals surface area (Å²) in [5.74, 6) is -1.11. The Balaban J connectivity index is 2.34. The summed E-state index contributed by atoms with van der Waals surface area (Å²) in [5.41, 5.74) is 6.43. The topological polar surface area (TPSA) is 48.1 Å². The molecule has 18 heavy (non-hydrogen) atoms. The molecular weight excluding hydrogens is 238 g/mol. The molecule has 1 unspecified atom stereocenters. The molecule has 3 nitrogen and oxygen atoms in total. The molecule has 0 saturated carbocycles. The maximum absolute atomic E-state index is 13.0. The largest absolute Gasteiger partial charge is 0.438 e. The molecule has 0 fully saturated rings. The standard InChI is InChI=1S/C13H12F2N2O/c1-8(16)12-3-2-4-17-13(12)18-11-6-9(14)5-10(15)7-11/h2-8H,16H2,1H3. The van der Waals surface area contributed by atoms with Crippen LogP contribution >= 0.6 is 0 Å². The van der Waals surface area contributed by atoms with Crippen LogP contribution in [0.4, 0.5) is 8.78 Å². The summed E-state index contributed by atoms with van der Waals surface area (Å²) in [6.07, 6.45) is 1.52. The summed E-state index contributed by atoms with van der Waals surface area (Å²) in [7, 11) is 0. The van der Waals surface area contributed by atoms with Crippen molar-refractivity contribution in [2.75, 3.05) is 0 Å². The van der Waals surface area contributed by atoms with Crippen LogP contribution in [0, 0.1) is 11.6 Å². The normalized spacial score (nSPS) is 12.2. The highest BCUT2D eigenvalue weighted by Gasteiger charge is 2.11. The van der Waals surface area contributed by atoms with E-state index in [2.05, 4.69) is 4.98 Å². The van der Waals surface area contributed by atoms with Gasteiger partial charge in [-0.1, -0.05) is 6.07 Å². The second-order valence-electron chi connectivity index (χ2n) is 3.89. The monoisotopic (exact) mass is 250 g/mol. The molecule has 0 saturated heterocycles. The van der Waals surface area contributed by atoms with Crippen molar-refractivity contribution in [3.63, 3.8) is 0 Å². The lowest BCUT2D eigenvalue weighted by atomic mass is 10.1. The number of halogens is 2. The van der Waals surface area contributed by atoms with Crippen LogP contribution in [0.3, 0.4) is 0 Å². The van der Waals surface area contributed by atoms with Gasteiger partial charge in [-0.15, -0.1) is 0 Å². The lowest BCUT2D eigenvalue weighted by molar-refractivity contribution is 0.442. The van der Waals surface area contributed by atoms with E-state index in [-0.39, 0.29) is 17.7 Å². The Kier molecular flexibility index (Phi) is 3.53. The molecule has 1 heterocycles. The van der Waals surface area contributed by atoms with Gasteiger partial charge in [0.1, 0.15) is 17.4 Å². The number of ether oxygens (including phenoxy) is 1. The number of hydrogen-bond donors (Lipinski definition) is 1. The van der Waals surface area contributed by atoms with Crippen molar-refractivity contribution < 1.29 is 13.5 Å². The third kappa shape index (κ3) is 2.81. The first-order chi connectivity index (χ1) is 8.56. The Labute approximate surface area is 103 Å². The molecule has 94 valence electrons. The number of benzene rings is 1. The molecule has 1 aromatic carbocycles. The lowest BCUT2D eigenvalue weighted by Crippen LogP contribution is -2.07. The molecule has 0 bridgehead atoms. The summed E-state index contributed by atoms with van der Waals surface area (Å²) in [4.78, 5) is 4.01. The minimum Gasteiger partial charge on any atom is -0.438 e. The first kappa shape index (κ1) is 12.4. The van der Waals surface area contributed by atoms with Crippen LogP contribution in [0.1, 0.15) is 18.5 Å². The molecule has 5 heteroatoms.